The van der Waals surface area contributed by atoms with E-state index in [0.29, 0.717) is 4.88 Å². The van der Waals surface area contributed by atoms with Gasteiger partial charge in [-0.3, -0.25) is 4.79 Å². The van der Waals surface area contributed by atoms with Gasteiger partial charge in [0.2, 0.25) is 0 Å². The van der Waals surface area contributed by atoms with Crippen molar-refractivity contribution in [3.8, 4) is 0 Å². The SMILES string of the molecule is CC(NC(=O)c1sc(N(C)C)nc1N)c1ccsc1. The number of amides is 1. The number of rotatable bonds is 4. The molecule has 7 heteroatoms. The van der Waals surface area contributed by atoms with Crippen molar-refractivity contribution in [3.63, 3.8) is 0 Å². The molecule has 102 valence electrons. The van der Waals surface area contributed by atoms with Crippen LogP contribution < -0.4 is 16.0 Å². The molecule has 5 nitrogen and oxygen atoms in total. The Morgan fingerprint density at radius 3 is 2.79 bits per heavy atom. The first-order valence-corrected chi connectivity index (χ1v) is 7.51. The summed E-state index contributed by atoms with van der Waals surface area (Å²) in [6.45, 7) is 1.95. The number of aromatic nitrogens is 1. The lowest BCUT2D eigenvalue weighted by atomic mass is 10.2. The van der Waals surface area contributed by atoms with Crippen LogP contribution >= 0.6 is 22.7 Å². The fourth-order valence-electron chi connectivity index (χ4n) is 1.54. The Balaban J connectivity index is 2.12. The summed E-state index contributed by atoms with van der Waals surface area (Å²) < 4.78 is 0. The summed E-state index contributed by atoms with van der Waals surface area (Å²) >= 11 is 2.90. The Kier molecular flexibility index (Phi) is 4.06. The van der Waals surface area contributed by atoms with Crippen molar-refractivity contribution in [1.29, 1.82) is 0 Å². The molecular formula is C12H16N4OS2. The van der Waals surface area contributed by atoms with Gasteiger partial charge in [0.05, 0.1) is 6.04 Å². The van der Waals surface area contributed by atoms with Crippen LogP contribution in [0.1, 0.15) is 28.2 Å². The van der Waals surface area contributed by atoms with Gasteiger partial charge in [-0.15, -0.1) is 0 Å². The van der Waals surface area contributed by atoms with E-state index in [1.54, 1.807) is 11.3 Å². The zero-order valence-electron chi connectivity index (χ0n) is 11.0. The normalized spacial score (nSPS) is 12.2. The fraction of sp³-hybridized carbons (Fsp3) is 0.333. The molecule has 2 aromatic heterocycles. The standard InChI is InChI=1S/C12H16N4OS2/c1-7(8-4-5-18-6-8)14-11(17)9-10(13)15-12(19-9)16(2)3/h4-7H,13H2,1-3H3,(H,14,17). The maximum atomic E-state index is 12.2. The second kappa shape index (κ2) is 5.58. The third kappa shape index (κ3) is 3.05. The molecule has 0 fully saturated rings. The van der Waals surface area contributed by atoms with Gasteiger partial charge in [-0.25, -0.2) is 4.98 Å². The molecule has 0 saturated carbocycles. The highest BCUT2D eigenvalue weighted by Gasteiger charge is 2.19. The molecule has 0 aliphatic heterocycles. The van der Waals surface area contributed by atoms with Crippen molar-refractivity contribution in [2.75, 3.05) is 24.7 Å². The van der Waals surface area contributed by atoms with Crippen molar-refractivity contribution < 1.29 is 4.79 Å². The maximum absolute atomic E-state index is 12.2. The van der Waals surface area contributed by atoms with Crippen LogP contribution in [-0.4, -0.2) is 25.0 Å². The van der Waals surface area contributed by atoms with Crippen molar-refractivity contribution in [2.45, 2.75) is 13.0 Å². The number of hydrogen-bond donors (Lipinski definition) is 2. The van der Waals surface area contributed by atoms with Gasteiger partial charge in [0.25, 0.3) is 5.91 Å². The van der Waals surface area contributed by atoms with Crippen LogP contribution in [0.4, 0.5) is 10.9 Å². The Labute approximate surface area is 120 Å². The van der Waals surface area contributed by atoms with Crippen LogP contribution in [0.25, 0.3) is 0 Å². The number of nitrogens with two attached hydrogens (primary N) is 1. The molecule has 19 heavy (non-hydrogen) atoms. The number of thiophene rings is 1. The van der Waals surface area contributed by atoms with E-state index in [-0.39, 0.29) is 17.8 Å². The minimum Gasteiger partial charge on any atom is -0.382 e. The van der Waals surface area contributed by atoms with Crippen molar-refractivity contribution in [3.05, 3.63) is 27.3 Å². The number of thiazole rings is 1. The van der Waals surface area contributed by atoms with Gasteiger partial charge < -0.3 is 16.0 Å². The first-order chi connectivity index (χ1) is 8.99. The largest absolute Gasteiger partial charge is 0.382 e. The molecule has 1 atom stereocenters. The Morgan fingerprint density at radius 2 is 2.26 bits per heavy atom. The summed E-state index contributed by atoms with van der Waals surface area (Å²) in [7, 11) is 3.74. The Bertz CT molecular complexity index is 562. The van der Waals surface area contributed by atoms with Gasteiger partial charge in [0.15, 0.2) is 5.13 Å². The Morgan fingerprint density at radius 1 is 1.53 bits per heavy atom. The topological polar surface area (TPSA) is 71.2 Å². The minimum absolute atomic E-state index is 0.0388. The van der Waals surface area contributed by atoms with Gasteiger partial charge in [-0.2, -0.15) is 11.3 Å². The van der Waals surface area contributed by atoms with E-state index in [2.05, 4.69) is 10.3 Å². The van der Waals surface area contributed by atoms with Crippen molar-refractivity contribution in [1.82, 2.24) is 10.3 Å². The number of anilines is 2. The molecule has 0 saturated heterocycles. The second-order valence-corrected chi connectivity index (χ2v) is 6.11. The Hall–Kier alpha value is -1.60. The third-order valence-electron chi connectivity index (χ3n) is 2.62. The molecule has 0 bridgehead atoms. The molecule has 1 unspecified atom stereocenters. The van der Waals surface area contributed by atoms with E-state index in [9.17, 15) is 4.79 Å². The number of nitrogens with one attached hydrogen (secondary N) is 1. The number of carbonyl (C=O) groups is 1. The molecular weight excluding hydrogens is 280 g/mol. The van der Waals surface area contributed by atoms with Gasteiger partial charge in [-0.1, -0.05) is 11.3 Å². The van der Waals surface area contributed by atoms with Crippen LogP contribution in [0.3, 0.4) is 0 Å². The van der Waals surface area contributed by atoms with Gasteiger partial charge in [0, 0.05) is 14.1 Å². The highest BCUT2D eigenvalue weighted by Crippen LogP contribution is 2.27. The fourth-order valence-corrected chi connectivity index (χ4v) is 3.11. The molecule has 2 aromatic rings. The molecule has 0 aliphatic carbocycles. The molecule has 0 radical (unpaired) electrons. The number of nitrogen functional groups attached to an aromatic ring is 1. The summed E-state index contributed by atoms with van der Waals surface area (Å²) in [5.41, 5.74) is 6.88. The molecule has 2 rings (SSSR count). The molecule has 0 aliphatic rings. The van der Waals surface area contributed by atoms with Crippen LogP contribution in [0.2, 0.25) is 0 Å². The highest BCUT2D eigenvalue weighted by atomic mass is 32.1. The summed E-state index contributed by atoms with van der Waals surface area (Å²) in [5.74, 6) is 0.102. The van der Waals surface area contributed by atoms with Gasteiger partial charge >= 0.3 is 0 Å². The summed E-state index contributed by atoms with van der Waals surface area (Å²) in [4.78, 5) is 18.6. The van der Waals surface area contributed by atoms with E-state index in [1.165, 1.54) is 11.3 Å². The minimum atomic E-state index is -0.179. The molecule has 1 amide bonds. The smallest absolute Gasteiger partial charge is 0.265 e. The van der Waals surface area contributed by atoms with Crippen LogP contribution in [-0.2, 0) is 0 Å². The predicted molar refractivity (Wildman–Crippen MR) is 81.1 cm³/mol. The second-order valence-electron chi connectivity index (χ2n) is 4.36. The quantitative estimate of drug-likeness (QED) is 0.908. The third-order valence-corrected chi connectivity index (χ3v) is 4.56. The van der Waals surface area contributed by atoms with E-state index in [1.807, 2.05) is 42.7 Å². The van der Waals surface area contributed by atoms with E-state index in [4.69, 9.17) is 5.73 Å². The highest BCUT2D eigenvalue weighted by molar-refractivity contribution is 7.18. The summed E-state index contributed by atoms with van der Waals surface area (Å²) in [5, 5.41) is 7.67. The summed E-state index contributed by atoms with van der Waals surface area (Å²) in [6.07, 6.45) is 0. The van der Waals surface area contributed by atoms with E-state index in [0.717, 1.165) is 10.7 Å². The van der Waals surface area contributed by atoms with Crippen molar-refractivity contribution >= 4 is 39.5 Å². The van der Waals surface area contributed by atoms with Crippen LogP contribution in [0.5, 0.6) is 0 Å². The van der Waals surface area contributed by atoms with Gasteiger partial charge in [0.1, 0.15) is 10.7 Å². The first kappa shape index (κ1) is 13.8. The zero-order chi connectivity index (χ0) is 14.0. The molecule has 2 heterocycles. The zero-order valence-corrected chi connectivity index (χ0v) is 12.6. The lowest BCUT2D eigenvalue weighted by molar-refractivity contribution is 0.0944. The summed E-state index contributed by atoms with van der Waals surface area (Å²) in [6, 6.07) is 1.96. The van der Waals surface area contributed by atoms with E-state index < -0.39 is 0 Å². The van der Waals surface area contributed by atoms with Crippen molar-refractivity contribution in [2.24, 2.45) is 0 Å². The molecule has 3 N–H and O–H groups in total. The number of carbonyl (C=O) groups excluding carboxylic acids is 1. The molecule has 0 spiro atoms. The van der Waals surface area contributed by atoms with Crippen LogP contribution in [0.15, 0.2) is 16.8 Å². The lowest BCUT2D eigenvalue weighted by Crippen LogP contribution is -2.26. The van der Waals surface area contributed by atoms with E-state index >= 15 is 0 Å². The number of nitrogens with zero attached hydrogens (tertiary/aromatic N) is 2. The maximum Gasteiger partial charge on any atom is 0.265 e. The van der Waals surface area contributed by atoms with Crippen LogP contribution in [0, 0.1) is 0 Å². The average Bonchev–Trinajstić information content (AvgIpc) is 2.97. The predicted octanol–water partition coefficient (Wildman–Crippen LogP) is 2.34. The average molecular weight is 296 g/mol. The monoisotopic (exact) mass is 296 g/mol. The molecule has 0 aromatic carbocycles. The lowest BCUT2D eigenvalue weighted by Gasteiger charge is -2.11. The number of hydrogen-bond acceptors (Lipinski definition) is 6. The van der Waals surface area contributed by atoms with Gasteiger partial charge in [-0.05, 0) is 29.3 Å². The first-order valence-electron chi connectivity index (χ1n) is 5.75.